The van der Waals surface area contributed by atoms with E-state index in [1.807, 2.05) is 6.07 Å². The van der Waals surface area contributed by atoms with Gasteiger partial charge in [0, 0.05) is 6.20 Å². The van der Waals surface area contributed by atoms with Gasteiger partial charge in [0.15, 0.2) is 5.65 Å². The third-order valence-electron chi connectivity index (χ3n) is 1.56. The van der Waals surface area contributed by atoms with Crippen molar-refractivity contribution in [1.82, 2.24) is 15.0 Å². The Bertz CT molecular complexity index is 478. The van der Waals surface area contributed by atoms with E-state index in [1.54, 1.807) is 12.4 Å². The van der Waals surface area contributed by atoms with Crippen LogP contribution in [-0.2, 0) is 0 Å². The van der Waals surface area contributed by atoms with E-state index in [4.69, 9.17) is 0 Å². The first-order chi connectivity index (χ1) is 6.40. The predicted octanol–water partition coefficient (Wildman–Crippen LogP) is 1.24. The summed E-state index contributed by atoms with van der Waals surface area (Å²) in [6.07, 6.45) is 3.45. The maximum atomic E-state index is 4.27. The van der Waals surface area contributed by atoms with Crippen LogP contribution in [0, 0.1) is 11.8 Å². The van der Waals surface area contributed by atoms with Gasteiger partial charge in [-0.1, -0.05) is 5.92 Å². The molecule has 3 nitrogen and oxygen atoms in total. The van der Waals surface area contributed by atoms with E-state index in [2.05, 4.69) is 39.4 Å². The highest BCUT2D eigenvalue weighted by Gasteiger charge is 1.96. The zero-order valence-corrected chi connectivity index (χ0v) is 7.68. The first-order valence-corrected chi connectivity index (χ1v) is 4.43. The summed E-state index contributed by atoms with van der Waals surface area (Å²) in [6.45, 7) is 0. The standard InChI is InChI=1S/C9H7N3S/c13-5-1-2-7-6-11-9-8(12-7)3-4-10-9/h3-4,6,13H,5H2,(H,10,11). The maximum absolute atomic E-state index is 4.27. The first-order valence-electron chi connectivity index (χ1n) is 3.80. The third-order valence-corrected chi connectivity index (χ3v) is 1.71. The summed E-state index contributed by atoms with van der Waals surface area (Å²) in [5.74, 6) is 6.22. The highest BCUT2D eigenvalue weighted by atomic mass is 32.1. The van der Waals surface area contributed by atoms with Crippen molar-refractivity contribution in [3.8, 4) is 11.8 Å². The lowest BCUT2D eigenvalue weighted by Crippen LogP contribution is -1.85. The molecule has 0 saturated carbocycles. The molecule has 0 bridgehead atoms. The minimum absolute atomic E-state index is 0.535. The fraction of sp³-hybridized carbons (Fsp3) is 0.111. The summed E-state index contributed by atoms with van der Waals surface area (Å²) in [6, 6.07) is 1.87. The number of aromatic amines is 1. The Labute approximate surface area is 81.0 Å². The Morgan fingerprint density at radius 1 is 1.54 bits per heavy atom. The molecule has 0 spiro atoms. The molecule has 0 aromatic carbocycles. The highest BCUT2D eigenvalue weighted by molar-refractivity contribution is 7.80. The van der Waals surface area contributed by atoms with Crippen LogP contribution in [0.3, 0.4) is 0 Å². The fourth-order valence-electron chi connectivity index (χ4n) is 1.02. The average Bonchev–Trinajstić information content (AvgIpc) is 2.61. The molecule has 2 rings (SSSR count). The van der Waals surface area contributed by atoms with Gasteiger partial charge in [0.05, 0.1) is 11.9 Å². The third kappa shape index (κ3) is 1.65. The lowest BCUT2D eigenvalue weighted by atomic mass is 10.4. The molecule has 2 aromatic rings. The molecular formula is C9H7N3S. The minimum atomic E-state index is 0.535. The molecule has 4 heteroatoms. The van der Waals surface area contributed by atoms with Gasteiger partial charge in [0.1, 0.15) is 11.2 Å². The van der Waals surface area contributed by atoms with Crippen molar-refractivity contribution in [2.24, 2.45) is 0 Å². The minimum Gasteiger partial charge on any atom is -0.345 e. The SMILES string of the molecule is SCC#Cc1cnc2[nH]ccc2n1. The van der Waals surface area contributed by atoms with Crippen molar-refractivity contribution in [2.45, 2.75) is 0 Å². The molecule has 2 aromatic heterocycles. The van der Waals surface area contributed by atoms with E-state index in [-0.39, 0.29) is 0 Å². The van der Waals surface area contributed by atoms with Crippen LogP contribution in [-0.4, -0.2) is 20.7 Å². The number of hydrogen-bond acceptors (Lipinski definition) is 3. The molecule has 0 fully saturated rings. The molecule has 0 atom stereocenters. The van der Waals surface area contributed by atoms with Gasteiger partial charge >= 0.3 is 0 Å². The van der Waals surface area contributed by atoms with Gasteiger partial charge in [-0.2, -0.15) is 12.6 Å². The molecule has 0 aliphatic heterocycles. The largest absolute Gasteiger partial charge is 0.345 e. The van der Waals surface area contributed by atoms with Crippen LogP contribution in [0.15, 0.2) is 18.5 Å². The number of fused-ring (bicyclic) bond motifs is 1. The monoisotopic (exact) mass is 189 g/mol. The van der Waals surface area contributed by atoms with Gasteiger partial charge in [0.2, 0.25) is 0 Å². The summed E-state index contributed by atoms with van der Waals surface area (Å²) in [5.41, 5.74) is 2.31. The van der Waals surface area contributed by atoms with Gasteiger partial charge in [-0.05, 0) is 12.0 Å². The van der Waals surface area contributed by atoms with Crippen molar-refractivity contribution in [2.75, 3.05) is 5.75 Å². The molecule has 0 amide bonds. The summed E-state index contributed by atoms with van der Waals surface area (Å²) in [4.78, 5) is 11.4. The number of aromatic nitrogens is 3. The Morgan fingerprint density at radius 2 is 2.46 bits per heavy atom. The van der Waals surface area contributed by atoms with Crippen molar-refractivity contribution in [1.29, 1.82) is 0 Å². The van der Waals surface area contributed by atoms with Gasteiger partial charge in [0.25, 0.3) is 0 Å². The molecule has 0 aliphatic carbocycles. The molecule has 0 unspecified atom stereocenters. The number of hydrogen-bond donors (Lipinski definition) is 2. The van der Waals surface area contributed by atoms with Gasteiger partial charge < -0.3 is 4.98 Å². The smallest absolute Gasteiger partial charge is 0.156 e. The fourth-order valence-corrected chi connectivity index (χ4v) is 1.10. The number of nitrogens with zero attached hydrogens (tertiary/aromatic N) is 2. The number of rotatable bonds is 0. The van der Waals surface area contributed by atoms with E-state index in [9.17, 15) is 0 Å². The average molecular weight is 189 g/mol. The van der Waals surface area contributed by atoms with E-state index in [0.29, 0.717) is 11.4 Å². The van der Waals surface area contributed by atoms with Crippen LogP contribution < -0.4 is 0 Å². The lowest BCUT2D eigenvalue weighted by molar-refractivity contribution is 1.24. The van der Waals surface area contributed by atoms with Crippen LogP contribution in [0.1, 0.15) is 5.69 Å². The molecule has 0 saturated heterocycles. The lowest BCUT2D eigenvalue weighted by Gasteiger charge is -1.89. The second-order valence-corrected chi connectivity index (χ2v) is 2.74. The maximum Gasteiger partial charge on any atom is 0.156 e. The van der Waals surface area contributed by atoms with E-state index >= 15 is 0 Å². The summed E-state index contributed by atoms with van der Waals surface area (Å²) in [5, 5.41) is 0. The topological polar surface area (TPSA) is 41.6 Å². The molecule has 64 valence electrons. The van der Waals surface area contributed by atoms with Crippen molar-refractivity contribution < 1.29 is 0 Å². The van der Waals surface area contributed by atoms with Gasteiger partial charge in [-0.25, -0.2) is 9.97 Å². The molecule has 13 heavy (non-hydrogen) atoms. The number of nitrogens with one attached hydrogen (secondary N) is 1. The van der Waals surface area contributed by atoms with Crippen molar-refractivity contribution in [3.05, 3.63) is 24.2 Å². The molecular weight excluding hydrogens is 182 g/mol. The molecule has 0 radical (unpaired) electrons. The zero-order chi connectivity index (χ0) is 9.10. The van der Waals surface area contributed by atoms with Crippen molar-refractivity contribution >= 4 is 23.8 Å². The van der Waals surface area contributed by atoms with E-state index < -0.39 is 0 Å². The summed E-state index contributed by atoms with van der Waals surface area (Å²) < 4.78 is 0. The Morgan fingerprint density at radius 3 is 3.31 bits per heavy atom. The normalized spacial score (nSPS) is 9.62. The van der Waals surface area contributed by atoms with Crippen LogP contribution in [0.25, 0.3) is 11.2 Å². The number of H-pyrrole nitrogens is 1. The first kappa shape index (κ1) is 8.14. The molecule has 0 aliphatic rings. The van der Waals surface area contributed by atoms with Crippen molar-refractivity contribution in [3.63, 3.8) is 0 Å². The van der Waals surface area contributed by atoms with Crippen LogP contribution in [0.5, 0.6) is 0 Å². The molecule has 1 N–H and O–H groups in total. The van der Waals surface area contributed by atoms with E-state index in [1.165, 1.54) is 0 Å². The summed E-state index contributed by atoms with van der Waals surface area (Å²) >= 11 is 3.98. The second-order valence-electron chi connectivity index (χ2n) is 2.43. The Kier molecular flexibility index (Phi) is 2.19. The van der Waals surface area contributed by atoms with Crippen LogP contribution >= 0.6 is 12.6 Å². The van der Waals surface area contributed by atoms with Crippen LogP contribution in [0.2, 0.25) is 0 Å². The van der Waals surface area contributed by atoms with Gasteiger partial charge in [-0.3, -0.25) is 0 Å². The molecule has 2 heterocycles. The number of thiol groups is 1. The second kappa shape index (κ2) is 3.50. The quantitative estimate of drug-likeness (QED) is 0.483. The predicted molar refractivity (Wildman–Crippen MR) is 54.6 cm³/mol. The Hall–Kier alpha value is -1.47. The Balaban J connectivity index is 2.48. The van der Waals surface area contributed by atoms with E-state index in [0.717, 1.165) is 11.2 Å². The van der Waals surface area contributed by atoms with Crippen LogP contribution in [0.4, 0.5) is 0 Å². The zero-order valence-electron chi connectivity index (χ0n) is 6.78. The summed E-state index contributed by atoms with van der Waals surface area (Å²) in [7, 11) is 0. The van der Waals surface area contributed by atoms with Gasteiger partial charge in [-0.15, -0.1) is 0 Å². The highest BCUT2D eigenvalue weighted by Crippen LogP contribution is 2.05.